The number of carbonyl (C=O) groups is 1. The van der Waals surface area contributed by atoms with Crippen LogP contribution < -0.4 is 5.73 Å². The number of carbonyl (C=O) groups excluding carboxylic acids is 1. The minimum Gasteiger partial charge on any atom is -0.371 e. The molecule has 2 aliphatic rings. The Kier molecular flexibility index (Phi) is 5.08. The van der Waals surface area contributed by atoms with Gasteiger partial charge in [0.05, 0.1) is 12.2 Å². The molecule has 0 aliphatic carbocycles. The number of hydrogen-bond acceptors (Lipinski definition) is 3. The fourth-order valence-electron chi connectivity index (χ4n) is 3.49. The Hall–Kier alpha value is -0.610. The topological polar surface area (TPSA) is 55.6 Å². The monoisotopic (exact) mass is 282 g/mol. The maximum absolute atomic E-state index is 12.4. The molecule has 20 heavy (non-hydrogen) atoms. The van der Waals surface area contributed by atoms with Crippen molar-refractivity contribution in [2.75, 3.05) is 19.6 Å². The molecule has 0 spiro atoms. The Balaban J connectivity index is 1.82. The van der Waals surface area contributed by atoms with Gasteiger partial charge in [0, 0.05) is 19.5 Å². The number of fused-ring (bicyclic) bond motifs is 2. The van der Waals surface area contributed by atoms with E-state index in [0.717, 1.165) is 38.8 Å². The van der Waals surface area contributed by atoms with E-state index in [2.05, 4.69) is 20.8 Å². The van der Waals surface area contributed by atoms with Crippen LogP contribution in [0.1, 0.15) is 52.9 Å². The summed E-state index contributed by atoms with van der Waals surface area (Å²) in [5, 5.41) is 0. The average Bonchev–Trinajstić information content (AvgIpc) is 2.71. The van der Waals surface area contributed by atoms with Crippen molar-refractivity contribution in [3.05, 3.63) is 0 Å². The lowest BCUT2D eigenvalue weighted by atomic mass is 9.76. The van der Waals surface area contributed by atoms with E-state index in [1.54, 1.807) is 0 Å². The largest absolute Gasteiger partial charge is 0.371 e. The second kappa shape index (κ2) is 6.44. The third-order valence-corrected chi connectivity index (χ3v) is 4.84. The Bertz CT molecular complexity index is 326. The minimum atomic E-state index is 0.226. The molecule has 2 bridgehead atoms. The summed E-state index contributed by atoms with van der Waals surface area (Å²) in [7, 11) is 0. The van der Waals surface area contributed by atoms with Gasteiger partial charge in [-0.3, -0.25) is 4.79 Å². The number of likely N-dealkylation sites (tertiary alicyclic amines) is 1. The predicted octanol–water partition coefficient (Wildman–Crippen LogP) is 2.17. The first-order chi connectivity index (χ1) is 9.40. The summed E-state index contributed by atoms with van der Waals surface area (Å²) >= 11 is 0. The highest BCUT2D eigenvalue weighted by Gasteiger charge is 2.35. The molecule has 0 aromatic heterocycles. The standard InChI is InChI=1S/C16H30N2O2/c1-16(2,3)12(8-9-17)4-7-15(19)18-10-13-5-6-14(11-18)20-13/h12-14H,4-11,17H2,1-3H3. The maximum atomic E-state index is 12.4. The third kappa shape index (κ3) is 3.95. The predicted molar refractivity (Wildman–Crippen MR) is 80.3 cm³/mol. The third-order valence-electron chi connectivity index (χ3n) is 4.84. The van der Waals surface area contributed by atoms with Crippen molar-refractivity contribution in [3.63, 3.8) is 0 Å². The zero-order valence-corrected chi connectivity index (χ0v) is 13.2. The summed E-state index contributed by atoms with van der Waals surface area (Å²) in [5.41, 5.74) is 5.93. The second-order valence-corrected chi connectivity index (χ2v) is 7.44. The molecule has 2 aliphatic heterocycles. The molecule has 116 valence electrons. The van der Waals surface area contributed by atoms with Gasteiger partial charge >= 0.3 is 0 Å². The molecule has 1 amide bonds. The Labute approximate surface area is 123 Å². The molecule has 3 atom stereocenters. The van der Waals surface area contributed by atoms with E-state index in [4.69, 9.17) is 10.5 Å². The van der Waals surface area contributed by atoms with Crippen molar-refractivity contribution < 1.29 is 9.53 Å². The molecule has 0 radical (unpaired) electrons. The van der Waals surface area contributed by atoms with E-state index in [-0.39, 0.29) is 5.41 Å². The van der Waals surface area contributed by atoms with Crippen LogP contribution in [0.2, 0.25) is 0 Å². The number of amides is 1. The quantitative estimate of drug-likeness (QED) is 0.841. The first-order valence-corrected chi connectivity index (χ1v) is 8.03. The molecule has 0 saturated carbocycles. The van der Waals surface area contributed by atoms with E-state index in [0.29, 0.717) is 37.0 Å². The lowest BCUT2D eigenvalue weighted by molar-refractivity contribution is -0.140. The smallest absolute Gasteiger partial charge is 0.222 e. The normalized spacial score (nSPS) is 27.7. The van der Waals surface area contributed by atoms with Gasteiger partial charge in [-0.15, -0.1) is 0 Å². The van der Waals surface area contributed by atoms with E-state index < -0.39 is 0 Å². The van der Waals surface area contributed by atoms with Crippen LogP contribution in [0.25, 0.3) is 0 Å². The highest BCUT2D eigenvalue weighted by atomic mass is 16.5. The molecular formula is C16H30N2O2. The fourth-order valence-corrected chi connectivity index (χ4v) is 3.49. The first kappa shape index (κ1) is 15.8. The van der Waals surface area contributed by atoms with Crippen LogP contribution >= 0.6 is 0 Å². The average molecular weight is 282 g/mol. The van der Waals surface area contributed by atoms with Gasteiger partial charge in [0.15, 0.2) is 0 Å². The number of rotatable bonds is 5. The molecular weight excluding hydrogens is 252 g/mol. The zero-order chi connectivity index (χ0) is 14.8. The molecule has 2 N–H and O–H groups in total. The van der Waals surface area contributed by atoms with Crippen molar-refractivity contribution in [2.24, 2.45) is 17.1 Å². The molecule has 2 rings (SSSR count). The van der Waals surface area contributed by atoms with Gasteiger partial charge in [-0.2, -0.15) is 0 Å². The SMILES string of the molecule is CC(C)(C)C(CCN)CCC(=O)N1CC2CCC(C1)O2. The summed E-state index contributed by atoms with van der Waals surface area (Å²) in [6.07, 6.45) is 5.43. The lowest BCUT2D eigenvalue weighted by Crippen LogP contribution is -2.46. The highest BCUT2D eigenvalue weighted by molar-refractivity contribution is 5.76. The number of hydrogen-bond donors (Lipinski definition) is 1. The molecule has 2 fully saturated rings. The van der Waals surface area contributed by atoms with Crippen molar-refractivity contribution in [1.82, 2.24) is 4.90 Å². The van der Waals surface area contributed by atoms with E-state index >= 15 is 0 Å². The van der Waals surface area contributed by atoms with E-state index in [1.165, 1.54) is 0 Å². The summed E-state index contributed by atoms with van der Waals surface area (Å²) in [6.45, 7) is 9.03. The van der Waals surface area contributed by atoms with Crippen molar-refractivity contribution in [3.8, 4) is 0 Å². The number of nitrogens with two attached hydrogens (primary N) is 1. The number of ether oxygens (including phenoxy) is 1. The first-order valence-electron chi connectivity index (χ1n) is 8.03. The zero-order valence-electron chi connectivity index (χ0n) is 13.2. The van der Waals surface area contributed by atoms with E-state index in [1.807, 2.05) is 4.90 Å². The number of morpholine rings is 1. The van der Waals surface area contributed by atoms with Crippen molar-refractivity contribution in [1.29, 1.82) is 0 Å². The second-order valence-electron chi connectivity index (χ2n) is 7.44. The van der Waals surface area contributed by atoms with Gasteiger partial charge in [-0.25, -0.2) is 0 Å². The molecule has 0 aromatic carbocycles. The lowest BCUT2D eigenvalue weighted by Gasteiger charge is -2.34. The van der Waals surface area contributed by atoms with Gasteiger partial charge in [0.2, 0.25) is 5.91 Å². The van der Waals surface area contributed by atoms with Gasteiger partial charge in [0.25, 0.3) is 0 Å². The number of nitrogens with zero attached hydrogens (tertiary/aromatic N) is 1. The van der Waals surface area contributed by atoms with Gasteiger partial charge in [0.1, 0.15) is 0 Å². The Morgan fingerprint density at radius 1 is 1.25 bits per heavy atom. The maximum Gasteiger partial charge on any atom is 0.222 e. The van der Waals surface area contributed by atoms with Crippen LogP contribution in [-0.2, 0) is 9.53 Å². The van der Waals surface area contributed by atoms with Crippen LogP contribution in [0, 0.1) is 11.3 Å². The Morgan fingerprint density at radius 2 is 1.85 bits per heavy atom. The highest BCUT2D eigenvalue weighted by Crippen LogP contribution is 2.33. The van der Waals surface area contributed by atoms with Crippen LogP contribution in [-0.4, -0.2) is 42.6 Å². The van der Waals surface area contributed by atoms with Gasteiger partial charge < -0.3 is 15.4 Å². The molecule has 2 heterocycles. The van der Waals surface area contributed by atoms with Crippen LogP contribution in [0.5, 0.6) is 0 Å². The van der Waals surface area contributed by atoms with Crippen molar-refractivity contribution >= 4 is 5.91 Å². The summed E-state index contributed by atoms with van der Waals surface area (Å²) in [5.74, 6) is 0.825. The molecule has 3 unspecified atom stereocenters. The summed E-state index contributed by atoms with van der Waals surface area (Å²) < 4.78 is 5.79. The molecule has 4 heteroatoms. The van der Waals surface area contributed by atoms with E-state index in [9.17, 15) is 4.79 Å². The minimum absolute atomic E-state index is 0.226. The van der Waals surface area contributed by atoms with Crippen LogP contribution in [0.3, 0.4) is 0 Å². The summed E-state index contributed by atoms with van der Waals surface area (Å²) in [4.78, 5) is 14.4. The van der Waals surface area contributed by atoms with Crippen LogP contribution in [0.4, 0.5) is 0 Å². The van der Waals surface area contributed by atoms with Crippen molar-refractivity contribution in [2.45, 2.75) is 65.1 Å². The van der Waals surface area contributed by atoms with Gasteiger partial charge in [-0.1, -0.05) is 20.8 Å². The molecule has 0 aromatic rings. The van der Waals surface area contributed by atoms with Crippen LogP contribution in [0.15, 0.2) is 0 Å². The molecule has 2 saturated heterocycles. The molecule has 4 nitrogen and oxygen atoms in total. The fraction of sp³-hybridized carbons (Fsp3) is 0.938. The summed E-state index contributed by atoms with van der Waals surface area (Å²) in [6, 6.07) is 0. The Morgan fingerprint density at radius 3 is 2.35 bits per heavy atom. The van der Waals surface area contributed by atoms with Gasteiger partial charge in [-0.05, 0) is 43.6 Å².